The molecular formula is C22H26N4O5S. The molecule has 0 spiro atoms. The molecule has 3 N–H and O–H groups in total. The first-order valence-corrected chi connectivity index (χ1v) is 12.2. The maximum absolute atomic E-state index is 12.2. The Balaban J connectivity index is 1.67. The number of nitrogens with one attached hydrogen (secondary N) is 3. The zero-order valence-corrected chi connectivity index (χ0v) is 18.8. The molecule has 9 nitrogen and oxygen atoms in total. The summed E-state index contributed by atoms with van der Waals surface area (Å²) in [6.07, 6.45) is 5.98. The molecule has 3 heterocycles. The Morgan fingerprint density at radius 2 is 1.94 bits per heavy atom. The highest BCUT2D eigenvalue weighted by atomic mass is 32.2. The van der Waals surface area contributed by atoms with Crippen molar-refractivity contribution in [1.82, 2.24) is 14.9 Å². The van der Waals surface area contributed by atoms with Crippen LogP contribution in [0, 0.1) is 0 Å². The Labute approximate surface area is 185 Å². The third-order valence-electron chi connectivity index (χ3n) is 5.80. The quantitative estimate of drug-likeness (QED) is 0.519. The van der Waals surface area contributed by atoms with Crippen LogP contribution in [0.1, 0.15) is 12.8 Å². The van der Waals surface area contributed by atoms with Crippen molar-refractivity contribution in [2.45, 2.75) is 23.8 Å². The summed E-state index contributed by atoms with van der Waals surface area (Å²) in [6.45, 7) is 1.32. The van der Waals surface area contributed by atoms with Crippen LogP contribution in [-0.4, -0.2) is 68.3 Å². The zero-order valence-electron chi connectivity index (χ0n) is 18.0. The van der Waals surface area contributed by atoms with E-state index in [1.165, 1.54) is 13.4 Å². The van der Waals surface area contributed by atoms with Gasteiger partial charge in [0.1, 0.15) is 12.1 Å². The zero-order chi connectivity index (χ0) is 22.9. The Morgan fingerprint density at radius 3 is 2.62 bits per heavy atom. The molecule has 1 amide bonds. The number of pyridine rings is 1. The van der Waals surface area contributed by atoms with Gasteiger partial charge in [-0.1, -0.05) is 0 Å². The number of rotatable bonds is 6. The molecule has 32 heavy (non-hydrogen) atoms. The lowest BCUT2D eigenvalue weighted by molar-refractivity contribution is -0.136. The van der Waals surface area contributed by atoms with Crippen molar-refractivity contribution in [3.63, 3.8) is 0 Å². The number of H-pyrrole nitrogens is 2. The lowest BCUT2D eigenvalue weighted by Gasteiger charge is -2.33. The average Bonchev–Trinajstić information content (AvgIpc) is 3.25. The van der Waals surface area contributed by atoms with Crippen LogP contribution < -0.4 is 10.9 Å². The number of sulfone groups is 1. The number of hydrogen-bond acceptors (Lipinski definition) is 6. The van der Waals surface area contributed by atoms with Crippen molar-refractivity contribution in [3.8, 4) is 11.1 Å². The number of methoxy groups -OCH3 is 1. The van der Waals surface area contributed by atoms with Crippen molar-refractivity contribution in [2.75, 3.05) is 38.4 Å². The fourth-order valence-corrected chi connectivity index (χ4v) is 4.75. The minimum atomic E-state index is -3.42. The van der Waals surface area contributed by atoms with Gasteiger partial charge < -0.3 is 24.9 Å². The molecule has 0 unspecified atom stereocenters. The summed E-state index contributed by atoms with van der Waals surface area (Å²) in [5.74, 6) is -0.0211. The number of amides is 1. The smallest absolute Gasteiger partial charge is 0.272 e. The molecule has 2 aromatic heterocycles. The van der Waals surface area contributed by atoms with Crippen LogP contribution in [0.25, 0.3) is 22.0 Å². The molecule has 3 aromatic rings. The van der Waals surface area contributed by atoms with Gasteiger partial charge in [0.05, 0.1) is 4.90 Å². The van der Waals surface area contributed by atoms with Gasteiger partial charge in [0.15, 0.2) is 9.84 Å². The molecule has 4 rings (SSSR count). The molecule has 1 saturated heterocycles. The highest BCUT2D eigenvalue weighted by Crippen LogP contribution is 2.35. The molecule has 1 aliphatic rings. The highest BCUT2D eigenvalue weighted by Gasteiger charge is 2.24. The van der Waals surface area contributed by atoms with E-state index < -0.39 is 9.84 Å². The third-order valence-corrected chi connectivity index (χ3v) is 6.91. The van der Waals surface area contributed by atoms with Gasteiger partial charge in [0.25, 0.3) is 5.56 Å². The number of carbonyl (C=O) groups excluding carboxylic acids is 1. The predicted molar refractivity (Wildman–Crippen MR) is 123 cm³/mol. The number of benzene rings is 1. The topological polar surface area (TPSA) is 124 Å². The molecular weight excluding hydrogens is 432 g/mol. The van der Waals surface area contributed by atoms with Crippen molar-refractivity contribution in [1.29, 1.82) is 0 Å². The molecule has 170 valence electrons. The Hall–Kier alpha value is -3.11. The van der Waals surface area contributed by atoms with E-state index >= 15 is 0 Å². The second-order valence-electron chi connectivity index (χ2n) is 8.01. The number of likely N-dealkylation sites (tertiary alicyclic amines) is 1. The first-order valence-electron chi connectivity index (χ1n) is 10.3. The number of anilines is 1. The van der Waals surface area contributed by atoms with Gasteiger partial charge in [-0.25, -0.2) is 8.42 Å². The van der Waals surface area contributed by atoms with E-state index in [1.54, 1.807) is 41.6 Å². The standard InChI is InChI=1S/C22H26N4O5S/c1-31-13-20(27)26-9-6-14(7-10-26)25-19-4-3-15(32(2,29)30)11-17(19)18-12-24-22(28)21-16(18)5-8-23-21/h3-5,8,11-12,14,23,25H,6-7,9-10,13H2,1-2H3,(H,24,28). The first kappa shape index (κ1) is 22.1. The van der Waals surface area contributed by atoms with E-state index in [0.29, 0.717) is 29.6 Å². The summed E-state index contributed by atoms with van der Waals surface area (Å²) < 4.78 is 29.3. The summed E-state index contributed by atoms with van der Waals surface area (Å²) in [5.41, 5.74) is 2.38. The molecule has 0 saturated carbocycles. The number of hydrogen-bond donors (Lipinski definition) is 3. The van der Waals surface area contributed by atoms with Crippen LogP contribution in [0.2, 0.25) is 0 Å². The first-order chi connectivity index (χ1) is 15.3. The highest BCUT2D eigenvalue weighted by molar-refractivity contribution is 7.90. The number of aromatic nitrogens is 2. The molecule has 1 aromatic carbocycles. The summed E-state index contributed by atoms with van der Waals surface area (Å²) in [4.78, 5) is 31.9. The van der Waals surface area contributed by atoms with E-state index in [1.807, 2.05) is 0 Å². The van der Waals surface area contributed by atoms with Gasteiger partial charge in [0.2, 0.25) is 5.91 Å². The van der Waals surface area contributed by atoms with Gasteiger partial charge in [-0.3, -0.25) is 9.59 Å². The van der Waals surface area contributed by atoms with E-state index in [-0.39, 0.29) is 29.0 Å². The van der Waals surface area contributed by atoms with Crippen LogP contribution in [0.3, 0.4) is 0 Å². The Morgan fingerprint density at radius 1 is 1.19 bits per heavy atom. The van der Waals surface area contributed by atoms with Crippen LogP contribution in [-0.2, 0) is 19.4 Å². The predicted octanol–water partition coefficient (Wildman–Crippen LogP) is 1.98. The summed E-state index contributed by atoms with van der Waals surface area (Å²) in [7, 11) is -1.91. The lowest BCUT2D eigenvalue weighted by Crippen LogP contribution is -2.43. The van der Waals surface area contributed by atoms with E-state index in [2.05, 4.69) is 15.3 Å². The van der Waals surface area contributed by atoms with Gasteiger partial charge in [-0.05, 0) is 37.1 Å². The van der Waals surface area contributed by atoms with Gasteiger partial charge >= 0.3 is 0 Å². The monoisotopic (exact) mass is 458 g/mol. The second kappa shape index (κ2) is 8.79. The number of fused-ring (bicyclic) bond motifs is 1. The number of ether oxygens (including phenoxy) is 1. The average molecular weight is 459 g/mol. The van der Waals surface area contributed by atoms with Crippen LogP contribution in [0.15, 0.2) is 46.3 Å². The fraction of sp³-hybridized carbons (Fsp3) is 0.364. The van der Waals surface area contributed by atoms with Crippen LogP contribution in [0.4, 0.5) is 5.69 Å². The lowest BCUT2D eigenvalue weighted by atomic mass is 9.99. The largest absolute Gasteiger partial charge is 0.382 e. The number of piperidine rings is 1. The fourth-order valence-electron chi connectivity index (χ4n) is 4.10. The van der Waals surface area contributed by atoms with Crippen molar-refractivity contribution >= 4 is 32.3 Å². The Kier molecular flexibility index (Phi) is 6.07. The van der Waals surface area contributed by atoms with E-state index in [4.69, 9.17) is 4.74 Å². The van der Waals surface area contributed by atoms with Crippen LogP contribution in [0.5, 0.6) is 0 Å². The second-order valence-corrected chi connectivity index (χ2v) is 10.0. The summed E-state index contributed by atoms with van der Waals surface area (Å²) >= 11 is 0. The molecule has 0 radical (unpaired) electrons. The maximum atomic E-state index is 12.2. The number of nitrogens with zero attached hydrogens (tertiary/aromatic N) is 1. The molecule has 10 heteroatoms. The van der Waals surface area contributed by atoms with Crippen molar-refractivity contribution in [2.24, 2.45) is 0 Å². The van der Waals surface area contributed by atoms with Gasteiger partial charge in [0, 0.05) is 67.1 Å². The molecule has 0 atom stereocenters. The summed E-state index contributed by atoms with van der Waals surface area (Å²) in [5, 5.41) is 4.23. The molecule has 0 aliphatic carbocycles. The molecule has 1 fully saturated rings. The minimum absolute atomic E-state index is 0.0211. The van der Waals surface area contributed by atoms with Crippen LogP contribution >= 0.6 is 0 Å². The van der Waals surface area contributed by atoms with E-state index in [0.717, 1.165) is 24.1 Å². The number of aromatic amines is 2. The SMILES string of the molecule is COCC(=O)N1CCC(Nc2ccc(S(C)(=O)=O)cc2-c2c[nH]c(=O)c3[nH]ccc23)CC1. The minimum Gasteiger partial charge on any atom is -0.382 e. The van der Waals surface area contributed by atoms with E-state index in [9.17, 15) is 18.0 Å². The van der Waals surface area contributed by atoms with Crippen molar-refractivity contribution in [3.05, 3.63) is 47.0 Å². The maximum Gasteiger partial charge on any atom is 0.272 e. The third kappa shape index (κ3) is 4.42. The van der Waals surface area contributed by atoms with Crippen molar-refractivity contribution < 1.29 is 17.9 Å². The summed E-state index contributed by atoms with van der Waals surface area (Å²) in [6, 6.07) is 6.90. The normalized spacial score (nSPS) is 15.2. The van der Waals surface area contributed by atoms with Gasteiger partial charge in [-0.2, -0.15) is 0 Å². The van der Waals surface area contributed by atoms with Gasteiger partial charge in [-0.15, -0.1) is 0 Å². The molecule has 0 bridgehead atoms. The number of carbonyl (C=O) groups is 1. The Bertz CT molecular complexity index is 1300. The molecule has 1 aliphatic heterocycles.